The molecule has 0 unspecified atom stereocenters. The number of halogens is 1. The summed E-state index contributed by atoms with van der Waals surface area (Å²) in [6.45, 7) is 2.93. The molecule has 0 radical (unpaired) electrons. The van der Waals surface area contributed by atoms with Crippen LogP contribution < -0.4 is 21.3 Å². The number of hydrogen-bond acceptors (Lipinski definition) is 2. The number of benzene rings is 1. The molecular formula is C12H17ClN4OS. The maximum atomic E-state index is 10.9. The highest BCUT2D eigenvalue weighted by atomic mass is 35.5. The predicted octanol–water partition coefficient (Wildman–Crippen LogP) is 1.86. The van der Waals surface area contributed by atoms with E-state index in [0.717, 1.165) is 11.3 Å². The van der Waals surface area contributed by atoms with Crippen LogP contribution in [-0.4, -0.2) is 31.3 Å². The highest BCUT2D eigenvalue weighted by Gasteiger charge is 2.04. The molecule has 0 aliphatic heterocycles. The number of anilines is 1. The third kappa shape index (κ3) is 5.32. The van der Waals surface area contributed by atoms with Crippen LogP contribution in [-0.2, 0) is 0 Å². The second kappa shape index (κ2) is 7.81. The van der Waals surface area contributed by atoms with Gasteiger partial charge in [-0.25, -0.2) is 4.79 Å². The van der Waals surface area contributed by atoms with Gasteiger partial charge in [0.15, 0.2) is 5.11 Å². The number of aryl methyl sites for hydroxylation is 1. The van der Waals surface area contributed by atoms with Gasteiger partial charge in [0.1, 0.15) is 0 Å². The van der Waals surface area contributed by atoms with Crippen LogP contribution in [0.15, 0.2) is 18.2 Å². The molecule has 1 aromatic rings. The molecule has 0 fully saturated rings. The van der Waals surface area contributed by atoms with Crippen molar-refractivity contribution >= 4 is 40.6 Å². The summed E-state index contributed by atoms with van der Waals surface area (Å²) in [5.74, 6) is 0. The van der Waals surface area contributed by atoms with Crippen LogP contribution in [0.3, 0.4) is 0 Å². The molecule has 5 nitrogen and oxygen atoms in total. The number of hydrogen-bond donors (Lipinski definition) is 4. The van der Waals surface area contributed by atoms with Gasteiger partial charge < -0.3 is 21.3 Å². The van der Waals surface area contributed by atoms with Crippen LogP contribution in [0.25, 0.3) is 0 Å². The first-order chi connectivity index (χ1) is 9.04. The smallest absolute Gasteiger partial charge is 0.314 e. The lowest BCUT2D eigenvalue weighted by Gasteiger charge is -2.13. The van der Waals surface area contributed by atoms with Gasteiger partial charge in [-0.3, -0.25) is 0 Å². The number of rotatable bonds is 4. The summed E-state index contributed by atoms with van der Waals surface area (Å²) in [6, 6.07) is 5.46. The standard InChI is InChI=1S/C12H17ClN4OS/c1-8-4-3-5-9(10(8)13)17-12(19)16-7-6-15-11(18)14-2/h3-5H,6-7H2,1-2H3,(H2,14,15,18)(H2,16,17,19). The molecule has 0 saturated carbocycles. The van der Waals surface area contributed by atoms with Gasteiger partial charge in [-0.2, -0.15) is 0 Å². The Kier molecular flexibility index (Phi) is 6.38. The van der Waals surface area contributed by atoms with E-state index in [1.165, 1.54) is 0 Å². The normalized spacial score (nSPS) is 9.63. The Morgan fingerprint density at radius 2 is 2.00 bits per heavy atom. The van der Waals surface area contributed by atoms with Crippen molar-refractivity contribution in [3.63, 3.8) is 0 Å². The summed E-state index contributed by atoms with van der Waals surface area (Å²) in [5, 5.41) is 12.2. The molecule has 0 aliphatic rings. The van der Waals surface area contributed by atoms with Crippen LogP contribution in [0, 0.1) is 6.92 Å². The van der Waals surface area contributed by atoms with E-state index >= 15 is 0 Å². The summed E-state index contributed by atoms with van der Waals surface area (Å²) >= 11 is 11.3. The van der Waals surface area contributed by atoms with Crippen molar-refractivity contribution in [3.8, 4) is 0 Å². The first-order valence-corrected chi connectivity index (χ1v) is 6.58. The topological polar surface area (TPSA) is 65.2 Å². The summed E-state index contributed by atoms with van der Waals surface area (Å²) in [6.07, 6.45) is 0. The van der Waals surface area contributed by atoms with Crippen molar-refractivity contribution in [2.75, 3.05) is 25.5 Å². The molecule has 0 heterocycles. The molecule has 4 N–H and O–H groups in total. The van der Waals surface area contributed by atoms with Gasteiger partial charge >= 0.3 is 6.03 Å². The number of urea groups is 1. The highest BCUT2D eigenvalue weighted by Crippen LogP contribution is 2.24. The van der Waals surface area contributed by atoms with E-state index in [9.17, 15) is 4.79 Å². The van der Waals surface area contributed by atoms with Gasteiger partial charge in [-0.15, -0.1) is 0 Å². The van der Waals surface area contributed by atoms with Crippen molar-refractivity contribution < 1.29 is 4.79 Å². The van der Waals surface area contributed by atoms with E-state index in [2.05, 4.69) is 21.3 Å². The van der Waals surface area contributed by atoms with Crippen LogP contribution in [0.5, 0.6) is 0 Å². The molecule has 1 rings (SSSR count). The lowest BCUT2D eigenvalue weighted by molar-refractivity contribution is 0.243. The van der Waals surface area contributed by atoms with Gasteiger partial charge in [0.05, 0.1) is 10.7 Å². The minimum Gasteiger partial charge on any atom is -0.361 e. The zero-order valence-corrected chi connectivity index (χ0v) is 12.4. The molecule has 2 amide bonds. The first kappa shape index (κ1) is 15.5. The number of carbonyl (C=O) groups is 1. The molecule has 104 valence electrons. The highest BCUT2D eigenvalue weighted by molar-refractivity contribution is 7.80. The van der Waals surface area contributed by atoms with Gasteiger partial charge in [0.2, 0.25) is 0 Å². The number of amides is 2. The van der Waals surface area contributed by atoms with Crippen molar-refractivity contribution in [1.29, 1.82) is 0 Å². The quantitative estimate of drug-likeness (QED) is 0.506. The lowest BCUT2D eigenvalue weighted by atomic mass is 10.2. The number of carbonyl (C=O) groups excluding carboxylic acids is 1. The van der Waals surface area contributed by atoms with Crippen molar-refractivity contribution in [2.24, 2.45) is 0 Å². The largest absolute Gasteiger partial charge is 0.361 e. The Hall–Kier alpha value is -1.53. The third-order valence-corrected chi connectivity index (χ3v) is 3.11. The Bertz CT molecular complexity index is 467. The number of thiocarbonyl (C=S) groups is 1. The Morgan fingerprint density at radius 1 is 1.32 bits per heavy atom. The molecule has 0 atom stereocenters. The Morgan fingerprint density at radius 3 is 2.68 bits per heavy atom. The average Bonchev–Trinajstić information content (AvgIpc) is 2.39. The third-order valence-electron chi connectivity index (χ3n) is 2.36. The first-order valence-electron chi connectivity index (χ1n) is 5.80. The average molecular weight is 301 g/mol. The van der Waals surface area contributed by atoms with Crippen LogP contribution in [0.1, 0.15) is 5.56 Å². The van der Waals surface area contributed by atoms with Gasteiger partial charge in [-0.05, 0) is 30.8 Å². The molecular weight excluding hydrogens is 284 g/mol. The molecule has 7 heteroatoms. The van der Waals surface area contributed by atoms with Crippen LogP contribution >= 0.6 is 23.8 Å². The monoisotopic (exact) mass is 300 g/mol. The van der Waals surface area contributed by atoms with Crippen LogP contribution in [0.2, 0.25) is 5.02 Å². The maximum absolute atomic E-state index is 10.9. The molecule has 0 aliphatic carbocycles. The van der Waals surface area contributed by atoms with Crippen molar-refractivity contribution in [1.82, 2.24) is 16.0 Å². The van der Waals surface area contributed by atoms with E-state index in [0.29, 0.717) is 23.2 Å². The molecule has 0 spiro atoms. The zero-order chi connectivity index (χ0) is 14.3. The van der Waals surface area contributed by atoms with Crippen molar-refractivity contribution in [2.45, 2.75) is 6.92 Å². The molecule has 1 aromatic carbocycles. The summed E-state index contributed by atoms with van der Waals surface area (Å²) < 4.78 is 0. The molecule has 0 aromatic heterocycles. The minimum atomic E-state index is -0.220. The summed E-state index contributed by atoms with van der Waals surface area (Å²) in [5.41, 5.74) is 1.74. The fourth-order valence-corrected chi connectivity index (χ4v) is 1.74. The number of nitrogens with one attached hydrogen (secondary N) is 4. The molecule has 0 bridgehead atoms. The lowest BCUT2D eigenvalue weighted by Crippen LogP contribution is -2.39. The van der Waals surface area contributed by atoms with E-state index in [1.54, 1.807) is 7.05 Å². The molecule has 0 saturated heterocycles. The van der Waals surface area contributed by atoms with E-state index in [4.69, 9.17) is 23.8 Å². The fourth-order valence-electron chi connectivity index (χ4n) is 1.35. The summed E-state index contributed by atoms with van der Waals surface area (Å²) in [7, 11) is 1.56. The minimum absolute atomic E-state index is 0.220. The van der Waals surface area contributed by atoms with Gasteiger partial charge in [0.25, 0.3) is 0 Å². The second-order valence-electron chi connectivity index (χ2n) is 3.82. The maximum Gasteiger partial charge on any atom is 0.314 e. The van der Waals surface area contributed by atoms with E-state index in [1.807, 2.05) is 25.1 Å². The zero-order valence-electron chi connectivity index (χ0n) is 10.8. The van der Waals surface area contributed by atoms with Crippen molar-refractivity contribution in [3.05, 3.63) is 28.8 Å². The Labute approximate surface area is 123 Å². The van der Waals surface area contributed by atoms with Gasteiger partial charge in [0, 0.05) is 20.1 Å². The summed E-state index contributed by atoms with van der Waals surface area (Å²) in [4.78, 5) is 10.9. The van der Waals surface area contributed by atoms with E-state index < -0.39 is 0 Å². The SMILES string of the molecule is CNC(=O)NCCNC(=S)Nc1cccc(C)c1Cl. The van der Waals surface area contributed by atoms with E-state index in [-0.39, 0.29) is 6.03 Å². The van der Waals surface area contributed by atoms with Gasteiger partial charge in [-0.1, -0.05) is 23.7 Å². The Balaban J connectivity index is 2.35. The fraction of sp³-hybridized carbons (Fsp3) is 0.333. The molecule has 19 heavy (non-hydrogen) atoms. The second-order valence-corrected chi connectivity index (χ2v) is 4.61. The predicted molar refractivity (Wildman–Crippen MR) is 82.9 cm³/mol. The van der Waals surface area contributed by atoms with Crippen LogP contribution in [0.4, 0.5) is 10.5 Å².